The van der Waals surface area contributed by atoms with Gasteiger partial charge < -0.3 is 5.32 Å². The van der Waals surface area contributed by atoms with E-state index in [0.717, 1.165) is 37.6 Å². The Morgan fingerprint density at radius 3 is 2.59 bits per heavy atom. The monoisotopic (exact) mass is 436 g/mol. The second-order valence-corrected chi connectivity index (χ2v) is 9.93. The molecule has 0 unspecified atom stereocenters. The summed E-state index contributed by atoms with van der Waals surface area (Å²) in [6, 6.07) is 10.9. The first-order chi connectivity index (χ1) is 12.9. The van der Waals surface area contributed by atoms with Crippen LogP contribution in [-0.2, 0) is 16.6 Å². The maximum absolute atomic E-state index is 11.4. The quantitative estimate of drug-likeness (QED) is 0.485. The molecule has 0 aliphatic heterocycles. The smallest absolute Gasteiger partial charge is 0.247 e. The minimum absolute atomic E-state index is 0.143. The van der Waals surface area contributed by atoms with Crippen molar-refractivity contribution in [3.05, 3.63) is 58.0 Å². The van der Waals surface area contributed by atoms with E-state index in [9.17, 15) is 8.42 Å². The number of aromatic nitrogens is 2. The number of nitrogens with one attached hydrogen (secondary N) is 1. The number of nitrogens with two attached hydrogens (primary N) is 1. The number of anilines is 1. The van der Waals surface area contributed by atoms with Crippen molar-refractivity contribution < 1.29 is 8.42 Å². The summed E-state index contributed by atoms with van der Waals surface area (Å²) in [5.41, 5.74) is 2.04. The highest BCUT2D eigenvalue weighted by atomic mass is 35.5. The SMILES string of the molecule is NS(=O)(=O)c1ccc(CNc2ncnc3scc(-c4ccc(Cl)cc4)c23)s1. The zero-order chi connectivity index (χ0) is 19.0. The molecule has 10 heteroatoms. The first-order valence-corrected chi connectivity index (χ1v) is 11.4. The van der Waals surface area contributed by atoms with E-state index in [0.29, 0.717) is 17.4 Å². The van der Waals surface area contributed by atoms with Crippen molar-refractivity contribution >= 4 is 60.3 Å². The number of halogens is 1. The standard InChI is InChI=1S/C17H13ClN4O2S3/c18-11-3-1-10(2-4-11)13-8-25-17-15(13)16(21-9-22-17)20-7-12-5-6-14(26-12)27(19,23)24/h1-6,8-9H,7H2,(H2,19,23,24)(H,20,21,22). The number of hydrogen-bond acceptors (Lipinski definition) is 7. The maximum Gasteiger partial charge on any atom is 0.247 e. The zero-order valence-electron chi connectivity index (χ0n) is 13.7. The zero-order valence-corrected chi connectivity index (χ0v) is 16.9. The molecule has 6 nitrogen and oxygen atoms in total. The highest BCUT2D eigenvalue weighted by Crippen LogP contribution is 2.37. The molecule has 3 heterocycles. The molecular formula is C17H13ClN4O2S3. The van der Waals surface area contributed by atoms with Gasteiger partial charge in [0.05, 0.1) is 11.9 Å². The van der Waals surface area contributed by atoms with Crippen molar-refractivity contribution in [2.75, 3.05) is 5.32 Å². The second kappa shape index (κ2) is 7.17. The number of hydrogen-bond donors (Lipinski definition) is 2. The van der Waals surface area contributed by atoms with E-state index < -0.39 is 10.0 Å². The lowest BCUT2D eigenvalue weighted by molar-refractivity contribution is 0.600. The molecule has 0 aliphatic carbocycles. The van der Waals surface area contributed by atoms with Gasteiger partial charge in [0.1, 0.15) is 21.2 Å². The molecule has 0 saturated carbocycles. The van der Waals surface area contributed by atoms with Gasteiger partial charge >= 0.3 is 0 Å². The van der Waals surface area contributed by atoms with E-state index in [4.69, 9.17) is 16.7 Å². The Kier molecular flexibility index (Phi) is 4.87. The summed E-state index contributed by atoms with van der Waals surface area (Å²) in [6.45, 7) is 0.433. The summed E-state index contributed by atoms with van der Waals surface area (Å²) in [4.78, 5) is 10.4. The molecule has 0 spiro atoms. The molecule has 4 aromatic rings. The first kappa shape index (κ1) is 18.3. The van der Waals surface area contributed by atoms with Crippen molar-refractivity contribution in [3.8, 4) is 11.1 Å². The van der Waals surface area contributed by atoms with E-state index in [2.05, 4.69) is 15.3 Å². The predicted octanol–water partition coefficient (Wildman–Crippen LogP) is 4.33. The van der Waals surface area contributed by atoms with Crippen LogP contribution in [-0.4, -0.2) is 18.4 Å². The van der Waals surface area contributed by atoms with Gasteiger partial charge in [-0.25, -0.2) is 23.5 Å². The molecule has 0 radical (unpaired) electrons. The van der Waals surface area contributed by atoms with E-state index in [1.165, 1.54) is 23.7 Å². The summed E-state index contributed by atoms with van der Waals surface area (Å²) in [5.74, 6) is 0.691. The van der Waals surface area contributed by atoms with Crippen LogP contribution < -0.4 is 10.5 Å². The predicted molar refractivity (Wildman–Crippen MR) is 111 cm³/mol. The van der Waals surface area contributed by atoms with Gasteiger partial charge in [-0.2, -0.15) is 0 Å². The lowest BCUT2D eigenvalue weighted by Gasteiger charge is -2.07. The molecule has 27 heavy (non-hydrogen) atoms. The Labute approximate surface area is 168 Å². The summed E-state index contributed by atoms with van der Waals surface area (Å²) in [5, 5.41) is 12.1. The Bertz CT molecular complexity index is 1220. The van der Waals surface area contributed by atoms with Crippen LogP contribution in [0.25, 0.3) is 21.3 Å². The third-order valence-corrected chi connectivity index (χ3v) is 7.53. The summed E-state index contributed by atoms with van der Waals surface area (Å²) >= 11 is 8.67. The number of fused-ring (bicyclic) bond motifs is 1. The maximum atomic E-state index is 11.4. The number of benzene rings is 1. The lowest BCUT2D eigenvalue weighted by Crippen LogP contribution is -2.09. The number of rotatable bonds is 5. The van der Waals surface area contributed by atoms with Crippen molar-refractivity contribution in [3.63, 3.8) is 0 Å². The van der Waals surface area contributed by atoms with Crippen molar-refractivity contribution in [1.29, 1.82) is 0 Å². The topological polar surface area (TPSA) is 98.0 Å². The van der Waals surface area contributed by atoms with Gasteiger partial charge in [-0.1, -0.05) is 23.7 Å². The third kappa shape index (κ3) is 3.83. The molecule has 0 bridgehead atoms. The van der Waals surface area contributed by atoms with Crippen LogP contribution in [0.2, 0.25) is 5.02 Å². The molecule has 138 valence electrons. The molecule has 3 aromatic heterocycles. The first-order valence-electron chi connectivity index (χ1n) is 7.75. The number of thiophene rings is 2. The second-order valence-electron chi connectivity index (χ2n) is 5.68. The van der Waals surface area contributed by atoms with Gasteiger partial charge in [0.15, 0.2) is 0 Å². The minimum Gasteiger partial charge on any atom is -0.365 e. The highest BCUT2D eigenvalue weighted by molar-refractivity contribution is 7.91. The van der Waals surface area contributed by atoms with Crippen LogP contribution >= 0.6 is 34.3 Å². The fraction of sp³-hybridized carbons (Fsp3) is 0.0588. The molecule has 0 atom stereocenters. The number of nitrogens with zero attached hydrogens (tertiary/aromatic N) is 2. The van der Waals surface area contributed by atoms with Crippen molar-refractivity contribution in [1.82, 2.24) is 9.97 Å². The number of primary sulfonamides is 1. The van der Waals surface area contributed by atoms with Gasteiger partial charge in [0.25, 0.3) is 0 Å². The Balaban J connectivity index is 1.67. The number of sulfonamides is 1. The normalized spacial score (nSPS) is 11.8. The summed E-state index contributed by atoms with van der Waals surface area (Å²) in [7, 11) is -3.68. The highest BCUT2D eigenvalue weighted by Gasteiger charge is 2.14. The lowest BCUT2D eigenvalue weighted by atomic mass is 10.1. The molecule has 0 aliphatic rings. The van der Waals surface area contributed by atoms with E-state index in [1.807, 2.05) is 29.6 Å². The molecule has 3 N–H and O–H groups in total. The molecule has 1 aromatic carbocycles. The molecule has 0 fully saturated rings. The Morgan fingerprint density at radius 2 is 1.89 bits per heavy atom. The summed E-state index contributed by atoms with van der Waals surface area (Å²) in [6.07, 6.45) is 1.51. The van der Waals surface area contributed by atoms with Crippen LogP contribution in [0.15, 0.2) is 52.3 Å². The fourth-order valence-corrected chi connectivity index (χ4v) is 5.39. The largest absolute Gasteiger partial charge is 0.365 e. The van der Waals surface area contributed by atoms with Gasteiger partial charge in [0.2, 0.25) is 10.0 Å². The van der Waals surface area contributed by atoms with Crippen LogP contribution in [0.3, 0.4) is 0 Å². The van der Waals surface area contributed by atoms with E-state index in [1.54, 1.807) is 6.07 Å². The van der Waals surface area contributed by atoms with Crippen molar-refractivity contribution in [2.24, 2.45) is 5.14 Å². The van der Waals surface area contributed by atoms with Crippen LogP contribution in [0.1, 0.15) is 4.88 Å². The fourth-order valence-electron chi connectivity index (χ4n) is 2.63. The molecule has 4 rings (SSSR count). The Morgan fingerprint density at radius 1 is 1.11 bits per heavy atom. The minimum atomic E-state index is -3.68. The van der Waals surface area contributed by atoms with Gasteiger partial charge in [0, 0.05) is 20.8 Å². The van der Waals surface area contributed by atoms with Gasteiger partial charge in [-0.05, 0) is 29.8 Å². The molecule has 0 saturated heterocycles. The van der Waals surface area contributed by atoms with Crippen LogP contribution in [0.4, 0.5) is 5.82 Å². The van der Waals surface area contributed by atoms with Gasteiger partial charge in [-0.15, -0.1) is 22.7 Å². The van der Waals surface area contributed by atoms with E-state index in [-0.39, 0.29) is 4.21 Å². The van der Waals surface area contributed by atoms with Gasteiger partial charge in [-0.3, -0.25) is 0 Å². The Hall–Kier alpha value is -2.04. The average Bonchev–Trinajstić information content (AvgIpc) is 3.28. The van der Waals surface area contributed by atoms with E-state index >= 15 is 0 Å². The van der Waals surface area contributed by atoms with Crippen molar-refractivity contribution in [2.45, 2.75) is 10.8 Å². The summed E-state index contributed by atoms with van der Waals surface area (Å²) < 4.78 is 23.0. The molecule has 0 amide bonds. The molecular weight excluding hydrogens is 424 g/mol. The van der Waals surface area contributed by atoms with Crippen LogP contribution in [0, 0.1) is 0 Å². The average molecular weight is 437 g/mol. The van der Waals surface area contributed by atoms with Crippen LogP contribution in [0.5, 0.6) is 0 Å². The third-order valence-electron chi connectivity index (χ3n) is 3.87.